The number of benzene rings is 1. The molecule has 2 unspecified atom stereocenters. The Balaban J connectivity index is 2.09. The standard InChI is InChI=1S/C16H15N/c1-12-9-10-13(12)14-6-2-3-7-15(14)16-8-4-5-11-17-16/h2-13H,1H3. The maximum atomic E-state index is 4.45. The van der Waals surface area contributed by atoms with Crippen molar-refractivity contribution in [3.63, 3.8) is 0 Å². The summed E-state index contributed by atoms with van der Waals surface area (Å²) in [5.41, 5.74) is 3.71. The summed E-state index contributed by atoms with van der Waals surface area (Å²) in [5.74, 6) is 1.19. The second-order valence-electron chi connectivity index (χ2n) is 4.57. The molecular weight excluding hydrogens is 206 g/mol. The second kappa shape index (κ2) is 4.17. The van der Waals surface area contributed by atoms with Gasteiger partial charge >= 0.3 is 0 Å². The molecule has 1 aliphatic carbocycles. The zero-order chi connectivity index (χ0) is 11.7. The van der Waals surface area contributed by atoms with Crippen molar-refractivity contribution in [2.45, 2.75) is 12.8 Å². The van der Waals surface area contributed by atoms with E-state index in [0.717, 1.165) is 5.69 Å². The van der Waals surface area contributed by atoms with Gasteiger partial charge in [0.05, 0.1) is 5.69 Å². The van der Waals surface area contributed by atoms with Crippen LogP contribution in [0.2, 0.25) is 0 Å². The number of nitrogens with zero attached hydrogens (tertiary/aromatic N) is 1. The van der Waals surface area contributed by atoms with Crippen molar-refractivity contribution >= 4 is 0 Å². The Morgan fingerprint density at radius 2 is 1.76 bits per heavy atom. The minimum absolute atomic E-state index is 0.549. The summed E-state index contributed by atoms with van der Waals surface area (Å²) in [7, 11) is 0. The summed E-state index contributed by atoms with van der Waals surface area (Å²) < 4.78 is 0. The Morgan fingerprint density at radius 3 is 2.41 bits per heavy atom. The van der Waals surface area contributed by atoms with Crippen molar-refractivity contribution in [2.24, 2.45) is 5.92 Å². The predicted octanol–water partition coefficient (Wildman–Crippen LogP) is 4.04. The third-order valence-electron chi connectivity index (χ3n) is 3.45. The van der Waals surface area contributed by atoms with Gasteiger partial charge in [0.25, 0.3) is 0 Å². The van der Waals surface area contributed by atoms with E-state index in [-0.39, 0.29) is 0 Å². The summed E-state index contributed by atoms with van der Waals surface area (Å²) >= 11 is 0. The number of aromatic nitrogens is 1. The second-order valence-corrected chi connectivity index (χ2v) is 4.57. The third-order valence-corrected chi connectivity index (χ3v) is 3.45. The van der Waals surface area contributed by atoms with Crippen LogP contribution >= 0.6 is 0 Å². The van der Waals surface area contributed by atoms with E-state index in [2.05, 4.69) is 54.4 Å². The average molecular weight is 221 g/mol. The number of hydrogen-bond acceptors (Lipinski definition) is 1. The van der Waals surface area contributed by atoms with Gasteiger partial charge < -0.3 is 0 Å². The van der Waals surface area contributed by atoms with Crippen LogP contribution in [-0.2, 0) is 0 Å². The van der Waals surface area contributed by atoms with Gasteiger partial charge in [-0.05, 0) is 23.6 Å². The molecule has 2 atom stereocenters. The van der Waals surface area contributed by atoms with E-state index in [4.69, 9.17) is 0 Å². The molecule has 0 saturated carbocycles. The molecule has 0 N–H and O–H groups in total. The normalized spacial score (nSPS) is 22.2. The maximum Gasteiger partial charge on any atom is 0.0704 e. The Kier molecular flexibility index (Phi) is 2.52. The highest BCUT2D eigenvalue weighted by Crippen LogP contribution is 2.39. The quantitative estimate of drug-likeness (QED) is 0.697. The molecule has 0 aliphatic heterocycles. The van der Waals surface area contributed by atoms with Crippen LogP contribution in [0.1, 0.15) is 18.4 Å². The molecular formula is C16H15N. The molecule has 0 amide bonds. The van der Waals surface area contributed by atoms with Crippen LogP contribution in [0, 0.1) is 5.92 Å². The van der Waals surface area contributed by atoms with Gasteiger partial charge in [-0.1, -0.05) is 49.4 Å². The maximum absolute atomic E-state index is 4.45. The first-order chi connectivity index (χ1) is 8.36. The summed E-state index contributed by atoms with van der Waals surface area (Å²) in [6.45, 7) is 2.26. The van der Waals surface area contributed by atoms with Gasteiger partial charge in [0.2, 0.25) is 0 Å². The van der Waals surface area contributed by atoms with Crippen LogP contribution in [0.4, 0.5) is 0 Å². The fourth-order valence-electron chi connectivity index (χ4n) is 2.37. The fourth-order valence-corrected chi connectivity index (χ4v) is 2.37. The van der Waals surface area contributed by atoms with E-state index in [1.807, 2.05) is 18.3 Å². The molecule has 3 rings (SSSR count). The van der Waals surface area contributed by atoms with Crippen LogP contribution in [0.25, 0.3) is 11.3 Å². The van der Waals surface area contributed by atoms with Crippen molar-refractivity contribution in [1.29, 1.82) is 0 Å². The van der Waals surface area contributed by atoms with Crippen molar-refractivity contribution in [3.05, 3.63) is 66.4 Å². The van der Waals surface area contributed by atoms with E-state index in [9.17, 15) is 0 Å². The van der Waals surface area contributed by atoms with Gasteiger partial charge in [-0.2, -0.15) is 0 Å². The van der Waals surface area contributed by atoms with Crippen LogP contribution in [0.3, 0.4) is 0 Å². The van der Waals surface area contributed by atoms with Gasteiger partial charge in [-0.3, -0.25) is 4.98 Å². The monoisotopic (exact) mass is 221 g/mol. The van der Waals surface area contributed by atoms with E-state index < -0.39 is 0 Å². The fraction of sp³-hybridized carbons (Fsp3) is 0.188. The molecule has 1 aromatic heterocycles. The van der Waals surface area contributed by atoms with Crippen LogP contribution in [0.15, 0.2) is 60.8 Å². The molecule has 84 valence electrons. The Morgan fingerprint density at radius 1 is 0.941 bits per heavy atom. The molecule has 0 radical (unpaired) electrons. The number of rotatable bonds is 2. The lowest BCUT2D eigenvalue weighted by molar-refractivity contribution is 0.583. The van der Waals surface area contributed by atoms with Gasteiger partial charge in [0.1, 0.15) is 0 Å². The number of hydrogen-bond donors (Lipinski definition) is 0. The highest BCUT2D eigenvalue weighted by molar-refractivity contribution is 5.65. The van der Waals surface area contributed by atoms with Crippen LogP contribution < -0.4 is 0 Å². The first-order valence-corrected chi connectivity index (χ1v) is 6.05. The van der Waals surface area contributed by atoms with E-state index in [1.54, 1.807) is 0 Å². The van der Waals surface area contributed by atoms with Gasteiger partial charge in [0, 0.05) is 17.7 Å². The summed E-state index contributed by atoms with van der Waals surface area (Å²) in [4.78, 5) is 4.45. The lowest BCUT2D eigenvalue weighted by Gasteiger charge is -2.28. The highest BCUT2D eigenvalue weighted by atomic mass is 14.7. The topological polar surface area (TPSA) is 12.9 Å². The Labute approximate surface area is 102 Å². The molecule has 0 bridgehead atoms. The van der Waals surface area contributed by atoms with E-state index in [1.165, 1.54) is 11.1 Å². The molecule has 0 spiro atoms. The molecule has 17 heavy (non-hydrogen) atoms. The van der Waals surface area contributed by atoms with E-state index in [0.29, 0.717) is 11.8 Å². The van der Waals surface area contributed by atoms with Crippen LogP contribution in [-0.4, -0.2) is 4.98 Å². The smallest absolute Gasteiger partial charge is 0.0704 e. The van der Waals surface area contributed by atoms with Crippen molar-refractivity contribution in [3.8, 4) is 11.3 Å². The van der Waals surface area contributed by atoms with Crippen molar-refractivity contribution in [1.82, 2.24) is 4.98 Å². The Bertz CT molecular complexity index is 542. The van der Waals surface area contributed by atoms with E-state index >= 15 is 0 Å². The highest BCUT2D eigenvalue weighted by Gasteiger charge is 2.23. The lowest BCUT2D eigenvalue weighted by Crippen LogP contribution is -2.14. The zero-order valence-electron chi connectivity index (χ0n) is 9.88. The molecule has 0 fully saturated rings. The molecule has 1 heteroatoms. The first-order valence-electron chi connectivity index (χ1n) is 6.05. The average Bonchev–Trinajstić information content (AvgIpc) is 2.39. The summed E-state index contributed by atoms with van der Waals surface area (Å²) in [6, 6.07) is 14.6. The van der Waals surface area contributed by atoms with Gasteiger partial charge in [-0.25, -0.2) is 0 Å². The number of pyridine rings is 1. The minimum Gasteiger partial charge on any atom is -0.256 e. The molecule has 1 nitrogen and oxygen atoms in total. The van der Waals surface area contributed by atoms with Crippen molar-refractivity contribution in [2.75, 3.05) is 0 Å². The minimum atomic E-state index is 0.549. The number of allylic oxidation sites excluding steroid dienone is 2. The Hall–Kier alpha value is -1.89. The zero-order valence-corrected chi connectivity index (χ0v) is 9.88. The molecule has 1 heterocycles. The largest absolute Gasteiger partial charge is 0.256 e. The third kappa shape index (κ3) is 1.78. The SMILES string of the molecule is CC1C=CC1c1ccccc1-c1ccccn1. The van der Waals surface area contributed by atoms with Crippen LogP contribution in [0.5, 0.6) is 0 Å². The molecule has 1 aromatic carbocycles. The van der Waals surface area contributed by atoms with Gasteiger partial charge in [0.15, 0.2) is 0 Å². The molecule has 1 aliphatic rings. The van der Waals surface area contributed by atoms with Gasteiger partial charge in [-0.15, -0.1) is 0 Å². The first kappa shape index (κ1) is 10.3. The molecule has 0 saturated heterocycles. The summed E-state index contributed by atoms with van der Waals surface area (Å²) in [6.07, 6.45) is 6.40. The lowest BCUT2D eigenvalue weighted by atomic mass is 9.76. The predicted molar refractivity (Wildman–Crippen MR) is 70.7 cm³/mol. The van der Waals surface area contributed by atoms with Crippen molar-refractivity contribution < 1.29 is 0 Å². The summed E-state index contributed by atoms with van der Waals surface area (Å²) in [5, 5.41) is 0. The molecule has 2 aromatic rings.